The molecule has 0 aromatic carbocycles. The number of ether oxygens (including phenoxy) is 14. The van der Waals surface area contributed by atoms with Gasteiger partial charge in [-0.05, 0) is 162 Å². The monoisotopic (exact) mass is 2210 g/mol. The number of amides is 1. The number of carbonyl (C=O) groups is 16. The van der Waals surface area contributed by atoms with Crippen LogP contribution in [0.1, 0.15) is 380 Å². The molecule has 0 radical (unpaired) electrons. The highest BCUT2D eigenvalue weighted by atomic mass is 32.3. The quantitative estimate of drug-likeness (QED) is 0.0233. The van der Waals surface area contributed by atoms with Gasteiger partial charge in [-0.3, -0.25) is 14.4 Å². The number of thiophene rings is 2. The van der Waals surface area contributed by atoms with Crippen molar-refractivity contribution >= 4 is 158 Å². The summed E-state index contributed by atoms with van der Waals surface area (Å²) in [6.45, 7) is 28.4. The van der Waals surface area contributed by atoms with Gasteiger partial charge < -0.3 is 82.1 Å². The van der Waals surface area contributed by atoms with Crippen LogP contribution in [0.5, 0.6) is 0 Å². The van der Waals surface area contributed by atoms with Crippen molar-refractivity contribution in [3.05, 3.63) is 23.3 Å². The molecule has 0 spiro atoms. The van der Waals surface area contributed by atoms with Crippen molar-refractivity contribution in [3.8, 4) is 0 Å². The van der Waals surface area contributed by atoms with Crippen LogP contribution in [0.25, 0.3) is 0 Å². The maximum Gasteiger partial charge on any atom is 0.347 e. The first-order valence-corrected chi connectivity index (χ1v) is 58.5. The van der Waals surface area contributed by atoms with E-state index in [0.29, 0.717) is 49.3 Å². The average molecular weight is 2210 g/mol. The fourth-order valence-electron chi connectivity index (χ4n) is 14.3. The molecule has 4 heterocycles. The van der Waals surface area contributed by atoms with Crippen molar-refractivity contribution in [1.82, 2.24) is 15.4 Å². The Morgan fingerprint density at radius 3 is 0.735 bits per heavy atom. The summed E-state index contributed by atoms with van der Waals surface area (Å²) in [5, 5.41) is 18.9. The molecule has 1 amide bonds. The van der Waals surface area contributed by atoms with E-state index >= 15 is 0 Å². The summed E-state index contributed by atoms with van der Waals surface area (Å²) in [6.07, 6.45) is 14.8. The van der Waals surface area contributed by atoms with Crippen LogP contribution in [0.2, 0.25) is 0 Å². The zero-order chi connectivity index (χ0) is 111. The molecule has 2 aromatic rings. The SMILES string of the molecule is CCCCCCCCCCCCCCCCCC(=O)O[C@@H](C)C(=O)O[C@@H](C)C(=O)O[C@@H](C)C(=O)O[C@@H](C)C(=O)O[C@@H](C)C(=O)O[C@@H](C)C(=O)NS(=O)(=O)c1cc2c(s1)S(=O)(=O)[C@@H](C)C[C@@H]2NCC.CCCCCCCCCCCCCCCCCC(=O)O[C@@H](C)C(=O)O[C@H](C)C(=O)O[C@H](C)C(=O)O[C@H](C)C(=O)O[C@H](C)C(=O)O[C@H](C)C(=O)O[C@H](C)C(=O)O[C@H](C)C(=O)O.CCN[C@H]1C[C@H](C)S(=O)(=O)c2sc(S(N)(=O)=O)cc21. The second kappa shape index (κ2) is 68.4. The first-order chi connectivity index (χ1) is 68.8. The number of hydrogen-bond acceptors (Lipinski definition) is 42. The molecule has 0 fully saturated rings. The number of rotatable bonds is 67. The van der Waals surface area contributed by atoms with Crippen molar-refractivity contribution in [3.63, 3.8) is 0 Å². The minimum Gasteiger partial charge on any atom is -0.479 e. The lowest BCUT2D eigenvalue weighted by molar-refractivity contribution is -0.189. The van der Waals surface area contributed by atoms with Gasteiger partial charge in [0.05, 0.1) is 10.5 Å². The van der Waals surface area contributed by atoms with Gasteiger partial charge in [-0.1, -0.05) is 207 Å². The van der Waals surface area contributed by atoms with E-state index in [1.807, 2.05) is 13.8 Å². The molecule has 0 aliphatic carbocycles. The number of sulfonamides is 2. The lowest BCUT2D eigenvalue weighted by atomic mass is 10.0. The zero-order valence-electron chi connectivity index (χ0n) is 88.5. The van der Waals surface area contributed by atoms with E-state index in [-0.39, 0.29) is 43.5 Å². The summed E-state index contributed by atoms with van der Waals surface area (Å²) in [4.78, 5) is 198. The van der Waals surface area contributed by atoms with Gasteiger partial charge in [-0.25, -0.2) is 106 Å². The van der Waals surface area contributed by atoms with Crippen molar-refractivity contribution in [2.24, 2.45) is 5.14 Å². The molecule has 6 N–H and O–H groups in total. The molecule has 0 saturated carbocycles. The third-order valence-corrected chi connectivity index (χ3v) is 34.4. The third-order valence-electron chi connectivity index (χ3n) is 23.3. The van der Waals surface area contributed by atoms with Gasteiger partial charge in [0.1, 0.15) is 16.8 Å². The number of carbonyl (C=O) groups excluding carboxylic acids is 15. The number of nitrogens with two attached hydrogens (primary N) is 1. The number of primary sulfonamides is 1. The first kappa shape index (κ1) is 134. The van der Waals surface area contributed by atoms with Gasteiger partial charge in [0, 0.05) is 36.1 Å². The number of esters is 14. The number of unbranched alkanes of at least 4 members (excludes halogenated alkanes) is 28. The van der Waals surface area contributed by atoms with E-state index in [0.717, 1.165) is 119 Å². The molecule has 18 atom stereocenters. The lowest BCUT2D eigenvalue weighted by Crippen LogP contribution is -2.41. The van der Waals surface area contributed by atoms with Crippen LogP contribution in [-0.2, 0) is 183 Å². The Balaban J connectivity index is 0.000000843. The average Bonchev–Trinajstić information content (AvgIpc) is 1.62. The molecular weight excluding hydrogens is 2050 g/mol. The Bertz CT molecular complexity index is 5060. The van der Waals surface area contributed by atoms with Gasteiger partial charge in [0.2, 0.25) is 10.0 Å². The normalized spacial score (nSPS) is 17.8. The van der Waals surface area contributed by atoms with Gasteiger partial charge in [0.25, 0.3) is 15.9 Å². The van der Waals surface area contributed by atoms with Crippen molar-refractivity contribution in [1.29, 1.82) is 0 Å². The standard InChI is InChI=1S/C46H74N2O17S3.C42H68O18.C10H16N2O4S3/c1-10-12-13-14-15-16-17-18-19-20-21-22-23-24-25-26-38(49)60-31(5)41(51)62-33(7)43(53)64-35(9)45(55)65-34(8)44(54)63-32(6)42(52)61-30(4)40(50)48-68(58,59)39-28-36-37(47-11-2)27-29(3)67(56,57)46(36)66-39;1-10-11-12-13-14-15-16-17-18-19-20-21-22-23-24-25-34(43)53-27(3)36(46)55-29(5)38(48)57-31(7)40(50)59-33(9)42(52)60-32(8)41(51)58-30(6)39(49)56-28(4)37(47)54-26(2)35(44)45;1-3-12-8-4-6(2)18(13,14)10-7(8)5-9(17-10)19(11,15)16/h28-35,37,47H,10-27H2,1-9H3,(H,48,50);26-33H,10-25H2,1-9H3,(H,44,45);5-6,8,12H,3-4H2,1-2H3,(H2,11,15,16)/t29-,30-,31-,32-,33-,34-,35-,37-;26-,27+,28-,29-,30-,31-,32-,33-;6-,8-/m010/s1. The second-order valence-electron chi connectivity index (χ2n) is 36.5. The molecular formula is C98H158N4O39S6. The van der Waals surface area contributed by atoms with Crippen molar-refractivity contribution in [2.75, 3.05) is 13.1 Å². The molecule has 840 valence electrons. The third kappa shape index (κ3) is 49.5. The molecule has 147 heavy (non-hydrogen) atoms. The van der Waals surface area contributed by atoms with Crippen molar-refractivity contribution in [2.45, 2.75) is 482 Å². The molecule has 2 aromatic heterocycles. The molecule has 4 rings (SSSR count). The topological polar surface area (TPSA) is 621 Å². The van der Waals surface area contributed by atoms with Crippen molar-refractivity contribution < 1.29 is 182 Å². The molecule has 43 nitrogen and oxygen atoms in total. The fourth-order valence-corrected chi connectivity index (χ4v) is 23.8. The minimum atomic E-state index is -4.61. The summed E-state index contributed by atoms with van der Waals surface area (Å²) in [5.41, 5.74) is 0.793. The largest absolute Gasteiger partial charge is 0.479 e. The van der Waals surface area contributed by atoms with Gasteiger partial charge in [0.15, 0.2) is 105 Å². The van der Waals surface area contributed by atoms with Crippen LogP contribution in [0.4, 0.5) is 0 Å². The molecule has 2 aliphatic rings. The zero-order valence-corrected chi connectivity index (χ0v) is 93.4. The van der Waals surface area contributed by atoms with E-state index in [1.165, 1.54) is 188 Å². The summed E-state index contributed by atoms with van der Waals surface area (Å²) < 4.78 is 170. The fraction of sp³-hybridized carbons (Fsp3) is 0.755. The predicted octanol–water partition coefficient (Wildman–Crippen LogP) is 13.0. The Morgan fingerprint density at radius 1 is 0.320 bits per heavy atom. The number of carboxylic acids is 1. The minimum absolute atomic E-state index is 0.0990. The maximum absolute atomic E-state index is 13.1. The highest BCUT2D eigenvalue weighted by molar-refractivity contribution is 7.96. The summed E-state index contributed by atoms with van der Waals surface area (Å²) in [6, 6.07) is 1.99. The van der Waals surface area contributed by atoms with Crippen LogP contribution < -0.4 is 20.5 Å². The number of sulfone groups is 2. The van der Waals surface area contributed by atoms with E-state index in [2.05, 4.69) is 29.2 Å². The highest BCUT2D eigenvalue weighted by Crippen LogP contribution is 2.44. The maximum atomic E-state index is 13.1. The Kier molecular flexibility index (Phi) is 62.2. The second-order valence-corrected chi connectivity index (χ2v) is 47.4. The number of nitrogens with one attached hydrogen (secondary N) is 3. The van der Waals surface area contributed by atoms with Crippen LogP contribution in [-0.4, -0.2) is 243 Å². The van der Waals surface area contributed by atoms with Crippen LogP contribution >= 0.6 is 22.7 Å². The summed E-state index contributed by atoms with van der Waals surface area (Å²) in [7, 11) is -15.8. The van der Waals surface area contributed by atoms with Crippen LogP contribution in [0, 0.1) is 0 Å². The van der Waals surface area contributed by atoms with E-state index in [9.17, 15) is 110 Å². The molecule has 0 saturated heterocycles. The number of hydrogen-bond donors (Lipinski definition) is 5. The van der Waals surface area contributed by atoms with Gasteiger partial charge in [-0.2, -0.15) is 0 Å². The van der Waals surface area contributed by atoms with Gasteiger partial charge in [-0.15, -0.1) is 22.7 Å². The van der Waals surface area contributed by atoms with Crippen LogP contribution in [0.3, 0.4) is 0 Å². The number of fused-ring (bicyclic) bond motifs is 2. The van der Waals surface area contributed by atoms with Gasteiger partial charge >= 0.3 is 89.5 Å². The Labute approximate surface area is 872 Å². The molecule has 0 bridgehead atoms. The first-order valence-electron chi connectivity index (χ1n) is 50.7. The van der Waals surface area contributed by atoms with E-state index in [1.54, 1.807) is 11.6 Å². The summed E-state index contributed by atoms with van der Waals surface area (Å²) in [5.74, 6) is -17.8. The lowest BCUT2D eigenvalue weighted by Gasteiger charge is -2.27. The molecule has 0 unspecified atom stereocenters. The molecule has 49 heteroatoms. The van der Waals surface area contributed by atoms with E-state index in [4.69, 9.17) is 71.8 Å². The summed E-state index contributed by atoms with van der Waals surface area (Å²) >= 11 is 1.24. The Morgan fingerprint density at radius 2 is 0.517 bits per heavy atom. The number of aliphatic carboxylic acids is 1. The van der Waals surface area contributed by atoms with Crippen LogP contribution in [0.15, 0.2) is 29.0 Å². The van der Waals surface area contributed by atoms with E-state index < -0.39 is 241 Å². The smallest absolute Gasteiger partial charge is 0.347 e. The highest BCUT2D eigenvalue weighted by Gasteiger charge is 2.44. The Hall–Kier alpha value is -9.40. The number of carboxylic acid groups (broad SMARTS) is 1. The predicted molar refractivity (Wildman–Crippen MR) is 535 cm³/mol. The molecule has 2 aliphatic heterocycles.